The van der Waals surface area contributed by atoms with Gasteiger partial charge >= 0.3 is 0 Å². The third kappa shape index (κ3) is 3.83. The Bertz CT molecular complexity index is 481. The van der Waals surface area contributed by atoms with Crippen LogP contribution in [0.3, 0.4) is 0 Å². The maximum atomic E-state index is 5.42. The van der Waals surface area contributed by atoms with E-state index in [-0.39, 0.29) is 0 Å². The molecule has 2 nitrogen and oxygen atoms in total. The van der Waals surface area contributed by atoms with Crippen LogP contribution >= 0.6 is 27.3 Å². The molecule has 0 saturated heterocycles. The first kappa shape index (κ1) is 13.6. The molecule has 0 spiro atoms. The Hall–Kier alpha value is -0.840. The third-order valence-electron chi connectivity index (χ3n) is 2.54. The maximum Gasteiger partial charge on any atom is 0.119 e. The summed E-state index contributed by atoms with van der Waals surface area (Å²) in [6.07, 6.45) is 0. The van der Waals surface area contributed by atoms with E-state index in [2.05, 4.69) is 44.8 Å². The van der Waals surface area contributed by atoms with E-state index in [1.807, 2.05) is 19.1 Å². The molecule has 1 heterocycles. The molecule has 0 amide bonds. The molecule has 0 radical (unpaired) electrons. The Kier molecular flexibility index (Phi) is 5.23. The highest BCUT2D eigenvalue weighted by Gasteiger charge is 2.00. The summed E-state index contributed by atoms with van der Waals surface area (Å²) in [5.41, 5.74) is 1.27. The first-order chi connectivity index (χ1) is 8.79. The predicted octanol–water partition coefficient (Wildman–Crippen LogP) is 4.20. The number of benzene rings is 1. The van der Waals surface area contributed by atoms with Crippen molar-refractivity contribution in [2.45, 2.75) is 20.0 Å². The summed E-state index contributed by atoms with van der Waals surface area (Å²) in [6, 6.07) is 10.3. The van der Waals surface area contributed by atoms with E-state index in [9.17, 15) is 0 Å². The van der Waals surface area contributed by atoms with E-state index in [4.69, 9.17) is 4.74 Å². The lowest BCUT2D eigenvalue weighted by Crippen LogP contribution is -2.11. The minimum Gasteiger partial charge on any atom is -0.494 e. The lowest BCUT2D eigenvalue weighted by Gasteiger charge is -2.06. The van der Waals surface area contributed by atoms with Gasteiger partial charge in [-0.3, -0.25) is 0 Å². The molecular formula is C14H16BrNOS. The average Bonchev–Trinajstić information content (AvgIpc) is 2.78. The van der Waals surface area contributed by atoms with Gasteiger partial charge in [0.25, 0.3) is 0 Å². The van der Waals surface area contributed by atoms with Crippen molar-refractivity contribution >= 4 is 27.3 Å². The summed E-state index contributed by atoms with van der Waals surface area (Å²) < 4.78 is 6.60. The zero-order valence-electron chi connectivity index (χ0n) is 10.3. The predicted molar refractivity (Wildman–Crippen MR) is 80.2 cm³/mol. The van der Waals surface area contributed by atoms with Crippen LogP contribution in [0.1, 0.15) is 17.4 Å². The molecule has 0 atom stereocenters. The van der Waals surface area contributed by atoms with E-state index in [1.54, 1.807) is 11.3 Å². The highest BCUT2D eigenvalue weighted by atomic mass is 79.9. The molecular weight excluding hydrogens is 310 g/mol. The molecule has 0 fully saturated rings. The fourth-order valence-corrected chi connectivity index (χ4v) is 3.10. The molecule has 0 saturated carbocycles. The Morgan fingerprint density at radius 3 is 2.56 bits per heavy atom. The Balaban J connectivity index is 1.81. The number of ether oxygens (including phenoxy) is 1. The fraction of sp³-hybridized carbons (Fsp3) is 0.286. The van der Waals surface area contributed by atoms with Crippen LogP contribution < -0.4 is 10.1 Å². The molecule has 4 heteroatoms. The van der Waals surface area contributed by atoms with Crippen molar-refractivity contribution < 1.29 is 4.74 Å². The standard InChI is InChI=1S/C14H16BrNOS/c1-2-17-12-5-3-11(4-6-12)9-16-10-14-13(15)7-8-18-14/h3-8,16H,2,9-10H2,1H3. The van der Waals surface area contributed by atoms with E-state index in [0.717, 1.165) is 18.8 Å². The normalized spacial score (nSPS) is 10.6. The first-order valence-electron chi connectivity index (χ1n) is 5.94. The van der Waals surface area contributed by atoms with Crippen molar-refractivity contribution in [3.8, 4) is 5.75 Å². The fourth-order valence-electron chi connectivity index (χ4n) is 1.64. The zero-order chi connectivity index (χ0) is 12.8. The van der Waals surface area contributed by atoms with Crippen LogP contribution in [0.4, 0.5) is 0 Å². The molecule has 0 aliphatic rings. The van der Waals surface area contributed by atoms with E-state index in [0.29, 0.717) is 6.61 Å². The van der Waals surface area contributed by atoms with Crippen LogP contribution in [0.2, 0.25) is 0 Å². The van der Waals surface area contributed by atoms with Crippen LogP contribution in [-0.2, 0) is 13.1 Å². The van der Waals surface area contributed by atoms with E-state index in [1.165, 1.54) is 14.9 Å². The van der Waals surface area contributed by atoms with Crippen molar-refractivity contribution in [1.82, 2.24) is 5.32 Å². The highest BCUT2D eigenvalue weighted by molar-refractivity contribution is 9.10. The van der Waals surface area contributed by atoms with Gasteiger partial charge in [0.05, 0.1) is 6.61 Å². The van der Waals surface area contributed by atoms with Gasteiger partial charge in [-0.05, 0) is 52.0 Å². The summed E-state index contributed by atoms with van der Waals surface area (Å²) in [5.74, 6) is 0.933. The molecule has 0 aliphatic carbocycles. The molecule has 0 bridgehead atoms. The van der Waals surface area contributed by atoms with Crippen molar-refractivity contribution in [1.29, 1.82) is 0 Å². The van der Waals surface area contributed by atoms with Gasteiger partial charge < -0.3 is 10.1 Å². The molecule has 1 aromatic heterocycles. The number of hydrogen-bond acceptors (Lipinski definition) is 3. The van der Waals surface area contributed by atoms with Gasteiger partial charge in [0.2, 0.25) is 0 Å². The van der Waals surface area contributed by atoms with Gasteiger partial charge in [0, 0.05) is 22.4 Å². The van der Waals surface area contributed by atoms with Gasteiger partial charge in [-0.15, -0.1) is 11.3 Å². The SMILES string of the molecule is CCOc1ccc(CNCc2sccc2Br)cc1. The summed E-state index contributed by atoms with van der Waals surface area (Å²) in [4.78, 5) is 1.33. The highest BCUT2D eigenvalue weighted by Crippen LogP contribution is 2.22. The summed E-state index contributed by atoms with van der Waals surface area (Å²) in [7, 11) is 0. The van der Waals surface area contributed by atoms with E-state index < -0.39 is 0 Å². The number of nitrogens with one attached hydrogen (secondary N) is 1. The summed E-state index contributed by atoms with van der Waals surface area (Å²) in [6.45, 7) is 4.47. The van der Waals surface area contributed by atoms with Crippen LogP contribution in [0.5, 0.6) is 5.75 Å². The minimum absolute atomic E-state index is 0.712. The van der Waals surface area contributed by atoms with Gasteiger partial charge in [0.1, 0.15) is 5.75 Å². The molecule has 2 rings (SSSR count). The second-order valence-corrected chi connectivity index (χ2v) is 5.73. The van der Waals surface area contributed by atoms with Gasteiger partial charge in [0.15, 0.2) is 0 Å². The Morgan fingerprint density at radius 1 is 1.17 bits per heavy atom. The Morgan fingerprint density at radius 2 is 1.94 bits per heavy atom. The quantitative estimate of drug-likeness (QED) is 0.859. The van der Waals surface area contributed by atoms with Crippen molar-refractivity contribution in [2.75, 3.05) is 6.61 Å². The van der Waals surface area contributed by atoms with E-state index >= 15 is 0 Å². The van der Waals surface area contributed by atoms with Crippen LogP contribution in [0.25, 0.3) is 0 Å². The third-order valence-corrected chi connectivity index (χ3v) is 4.47. The maximum absolute atomic E-state index is 5.42. The van der Waals surface area contributed by atoms with Gasteiger partial charge in [-0.2, -0.15) is 0 Å². The van der Waals surface area contributed by atoms with Crippen LogP contribution in [0.15, 0.2) is 40.2 Å². The Labute approximate surface area is 120 Å². The topological polar surface area (TPSA) is 21.3 Å². The lowest BCUT2D eigenvalue weighted by atomic mass is 10.2. The molecule has 1 aromatic carbocycles. The zero-order valence-corrected chi connectivity index (χ0v) is 12.7. The molecule has 0 unspecified atom stereocenters. The van der Waals surface area contributed by atoms with Crippen molar-refractivity contribution in [3.63, 3.8) is 0 Å². The molecule has 18 heavy (non-hydrogen) atoms. The number of rotatable bonds is 6. The molecule has 1 N–H and O–H groups in total. The second-order valence-electron chi connectivity index (χ2n) is 3.87. The minimum atomic E-state index is 0.712. The van der Waals surface area contributed by atoms with Crippen LogP contribution in [-0.4, -0.2) is 6.61 Å². The molecule has 2 aromatic rings. The molecule has 96 valence electrons. The molecule has 0 aliphatic heterocycles. The smallest absolute Gasteiger partial charge is 0.119 e. The number of thiophene rings is 1. The monoisotopic (exact) mass is 325 g/mol. The van der Waals surface area contributed by atoms with Crippen molar-refractivity contribution in [3.05, 3.63) is 50.6 Å². The summed E-state index contributed by atoms with van der Waals surface area (Å²) >= 11 is 5.30. The average molecular weight is 326 g/mol. The largest absolute Gasteiger partial charge is 0.494 e. The number of halogens is 1. The van der Waals surface area contributed by atoms with Crippen LogP contribution in [0, 0.1) is 0 Å². The van der Waals surface area contributed by atoms with Gasteiger partial charge in [-0.1, -0.05) is 12.1 Å². The first-order valence-corrected chi connectivity index (χ1v) is 7.61. The summed E-state index contributed by atoms with van der Waals surface area (Å²) in [5, 5.41) is 5.53. The van der Waals surface area contributed by atoms with Gasteiger partial charge in [-0.25, -0.2) is 0 Å². The second kappa shape index (κ2) is 6.92. The lowest BCUT2D eigenvalue weighted by molar-refractivity contribution is 0.340. The van der Waals surface area contributed by atoms with Crippen molar-refractivity contribution in [2.24, 2.45) is 0 Å². The number of hydrogen-bond donors (Lipinski definition) is 1.